The monoisotopic (exact) mass is 438 g/mol. The molecule has 2 N–H and O–H groups in total. The van der Waals surface area contributed by atoms with Gasteiger partial charge in [-0.25, -0.2) is 8.42 Å². The van der Waals surface area contributed by atoms with E-state index in [1.54, 1.807) is 55.6 Å². The van der Waals surface area contributed by atoms with Gasteiger partial charge in [-0.1, -0.05) is 26.0 Å². The maximum absolute atomic E-state index is 12.7. The van der Waals surface area contributed by atoms with Crippen LogP contribution in [0.25, 0.3) is 0 Å². The third kappa shape index (κ3) is 5.79. The number of hydrogen-bond acceptors (Lipinski definition) is 5. The first-order valence-electron chi connectivity index (χ1n) is 9.86. The van der Waals surface area contributed by atoms with Crippen molar-refractivity contribution in [3.05, 3.63) is 83.9 Å². The lowest BCUT2D eigenvalue weighted by Gasteiger charge is -2.09. The Morgan fingerprint density at radius 3 is 1.52 bits per heavy atom. The van der Waals surface area contributed by atoms with Gasteiger partial charge in [0.25, 0.3) is 5.91 Å². The van der Waals surface area contributed by atoms with E-state index in [4.69, 9.17) is 0 Å². The number of rotatable bonds is 6. The summed E-state index contributed by atoms with van der Waals surface area (Å²) in [5, 5.41) is 5.65. The number of carbonyl (C=O) groups excluding carboxylic acids is 2. The van der Waals surface area contributed by atoms with E-state index in [0.29, 0.717) is 16.8 Å². The number of carbonyl (C=O) groups is 2. The SMILES string of the molecule is CC.CNc1ccc(S(=O)(=O)c2ccc(NC(=O)c3ccc(C(C)=O)cc3)cc2)cc1. The minimum absolute atomic E-state index is 0.0747. The van der Waals surface area contributed by atoms with Crippen molar-refractivity contribution >= 4 is 32.9 Å². The topological polar surface area (TPSA) is 92.3 Å². The summed E-state index contributed by atoms with van der Waals surface area (Å²) in [5.41, 5.74) is 2.21. The predicted octanol–water partition coefficient (Wildman–Crippen LogP) is 5.04. The van der Waals surface area contributed by atoms with Gasteiger partial charge in [0.05, 0.1) is 9.79 Å². The molecule has 1 amide bonds. The molecular formula is C24H26N2O4S. The van der Waals surface area contributed by atoms with Crippen molar-refractivity contribution < 1.29 is 18.0 Å². The molecule has 6 nitrogen and oxygen atoms in total. The molecular weight excluding hydrogens is 412 g/mol. The van der Waals surface area contributed by atoms with Crippen molar-refractivity contribution in [2.24, 2.45) is 0 Å². The van der Waals surface area contributed by atoms with E-state index in [9.17, 15) is 18.0 Å². The molecule has 3 aromatic carbocycles. The molecule has 162 valence electrons. The van der Waals surface area contributed by atoms with Crippen LogP contribution in [0.1, 0.15) is 41.5 Å². The maximum atomic E-state index is 12.7. The first-order chi connectivity index (χ1) is 14.8. The molecule has 0 unspecified atom stereocenters. The van der Waals surface area contributed by atoms with Crippen LogP contribution < -0.4 is 10.6 Å². The second-order valence-corrected chi connectivity index (χ2v) is 8.34. The van der Waals surface area contributed by atoms with Crippen LogP contribution in [0, 0.1) is 0 Å². The Morgan fingerprint density at radius 1 is 0.677 bits per heavy atom. The van der Waals surface area contributed by atoms with Crippen molar-refractivity contribution in [1.82, 2.24) is 0 Å². The number of sulfone groups is 1. The van der Waals surface area contributed by atoms with Gasteiger partial charge < -0.3 is 10.6 Å². The maximum Gasteiger partial charge on any atom is 0.255 e. The number of amides is 1. The van der Waals surface area contributed by atoms with E-state index < -0.39 is 9.84 Å². The Morgan fingerprint density at radius 2 is 1.10 bits per heavy atom. The number of anilines is 2. The summed E-state index contributed by atoms with van der Waals surface area (Å²) in [7, 11) is -1.89. The van der Waals surface area contributed by atoms with E-state index in [2.05, 4.69) is 10.6 Å². The molecule has 7 heteroatoms. The Hall–Kier alpha value is -3.45. The fraction of sp³-hybridized carbons (Fsp3) is 0.167. The molecule has 3 rings (SSSR count). The smallest absolute Gasteiger partial charge is 0.255 e. The van der Waals surface area contributed by atoms with Crippen LogP contribution in [-0.4, -0.2) is 27.2 Å². The van der Waals surface area contributed by atoms with Crippen LogP contribution in [0.4, 0.5) is 11.4 Å². The van der Waals surface area contributed by atoms with Gasteiger partial charge in [0, 0.05) is 29.5 Å². The van der Waals surface area contributed by atoms with Crippen LogP contribution in [0.3, 0.4) is 0 Å². The first-order valence-corrected chi connectivity index (χ1v) is 11.3. The summed E-state index contributed by atoms with van der Waals surface area (Å²) in [6.45, 7) is 5.46. The predicted molar refractivity (Wildman–Crippen MR) is 124 cm³/mol. The lowest BCUT2D eigenvalue weighted by Crippen LogP contribution is -2.12. The summed E-state index contributed by atoms with van der Waals surface area (Å²) in [4.78, 5) is 24.0. The second kappa shape index (κ2) is 10.5. The molecule has 0 radical (unpaired) electrons. The Bertz CT molecular complexity index is 1140. The van der Waals surface area contributed by atoms with Crippen molar-refractivity contribution in [2.45, 2.75) is 30.6 Å². The van der Waals surface area contributed by atoms with Gasteiger partial charge in [-0.15, -0.1) is 0 Å². The van der Waals surface area contributed by atoms with Gasteiger partial charge in [0.1, 0.15) is 0 Å². The van der Waals surface area contributed by atoms with Gasteiger partial charge in [-0.3, -0.25) is 9.59 Å². The molecule has 0 heterocycles. The van der Waals surface area contributed by atoms with Crippen molar-refractivity contribution in [1.29, 1.82) is 0 Å². The molecule has 0 spiro atoms. The minimum atomic E-state index is -3.65. The molecule has 0 saturated carbocycles. The van der Waals surface area contributed by atoms with E-state index >= 15 is 0 Å². The van der Waals surface area contributed by atoms with E-state index in [1.807, 2.05) is 13.8 Å². The number of ketones is 1. The summed E-state index contributed by atoms with van der Waals surface area (Å²) >= 11 is 0. The van der Waals surface area contributed by atoms with Gasteiger partial charge >= 0.3 is 0 Å². The molecule has 0 fully saturated rings. The minimum Gasteiger partial charge on any atom is -0.388 e. The summed E-state index contributed by atoms with van der Waals surface area (Å²) in [6.07, 6.45) is 0. The van der Waals surface area contributed by atoms with Crippen LogP contribution in [0.15, 0.2) is 82.6 Å². The van der Waals surface area contributed by atoms with Crippen molar-refractivity contribution in [3.8, 4) is 0 Å². The van der Waals surface area contributed by atoms with Gasteiger partial charge in [0.2, 0.25) is 9.84 Å². The second-order valence-electron chi connectivity index (χ2n) is 6.39. The van der Waals surface area contributed by atoms with E-state index in [0.717, 1.165) is 5.69 Å². The van der Waals surface area contributed by atoms with Gasteiger partial charge in [-0.05, 0) is 67.6 Å². The normalized spacial score (nSPS) is 10.5. The summed E-state index contributed by atoms with van der Waals surface area (Å²) in [5.74, 6) is -0.423. The molecule has 0 aliphatic heterocycles. The molecule has 0 aliphatic carbocycles. The molecule has 0 atom stereocenters. The molecule has 31 heavy (non-hydrogen) atoms. The Labute approximate surface area is 183 Å². The van der Waals surface area contributed by atoms with Crippen LogP contribution in [0.5, 0.6) is 0 Å². The third-order valence-electron chi connectivity index (χ3n) is 4.43. The lowest BCUT2D eigenvalue weighted by molar-refractivity contribution is 0.101. The number of hydrogen-bond donors (Lipinski definition) is 2. The van der Waals surface area contributed by atoms with Crippen LogP contribution in [-0.2, 0) is 9.84 Å². The Balaban J connectivity index is 0.00000166. The number of Topliss-reactive ketones (excluding diaryl/α,β-unsaturated/α-hetero) is 1. The highest BCUT2D eigenvalue weighted by molar-refractivity contribution is 7.91. The van der Waals surface area contributed by atoms with Crippen LogP contribution >= 0.6 is 0 Å². The summed E-state index contributed by atoms with van der Waals surface area (Å²) < 4.78 is 25.5. The van der Waals surface area contributed by atoms with Gasteiger partial charge in [-0.2, -0.15) is 0 Å². The highest BCUT2D eigenvalue weighted by Gasteiger charge is 2.17. The standard InChI is InChI=1S/C22H20N2O4S.C2H6/c1-15(25)16-3-5-17(6-4-16)22(26)24-19-9-13-21(14-10-19)29(27,28)20-11-7-18(23-2)8-12-20;1-2/h3-14,23H,1-2H3,(H,24,26);1-2H3. The van der Waals surface area contributed by atoms with Crippen LogP contribution in [0.2, 0.25) is 0 Å². The average Bonchev–Trinajstić information content (AvgIpc) is 2.81. The van der Waals surface area contributed by atoms with Crippen molar-refractivity contribution in [2.75, 3.05) is 17.7 Å². The molecule has 0 saturated heterocycles. The zero-order valence-corrected chi connectivity index (χ0v) is 18.8. The quantitative estimate of drug-likeness (QED) is 0.526. The molecule has 0 aliphatic rings. The average molecular weight is 439 g/mol. The molecule has 3 aromatic rings. The number of nitrogens with one attached hydrogen (secondary N) is 2. The van der Waals surface area contributed by atoms with Gasteiger partial charge in [0.15, 0.2) is 5.78 Å². The Kier molecular flexibility index (Phi) is 8.10. The largest absolute Gasteiger partial charge is 0.388 e. The molecule has 0 aromatic heterocycles. The van der Waals surface area contributed by atoms with Crippen molar-refractivity contribution in [3.63, 3.8) is 0 Å². The van der Waals surface area contributed by atoms with E-state index in [-0.39, 0.29) is 21.5 Å². The summed E-state index contributed by atoms with van der Waals surface area (Å²) in [6, 6.07) is 18.8. The molecule has 0 bridgehead atoms. The fourth-order valence-corrected chi connectivity index (χ4v) is 3.97. The highest BCUT2D eigenvalue weighted by Crippen LogP contribution is 2.24. The zero-order chi connectivity index (χ0) is 23.0. The van der Waals surface area contributed by atoms with E-state index in [1.165, 1.54) is 31.2 Å². The lowest BCUT2D eigenvalue weighted by atomic mass is 10.1. The first kappa shape index (κ1) is 23.8. The zero-order valence-electron chi connectivity index (χ0n) is 18.0. The number of benzene rings is 3. The fourth-order valence-electron chi connectivity index (χ4n) is 2.71. The third-order valence-corrected chi connectivity index (χ3v) is 6.21. The highest BCUT2D eigenvalue weighted by atomic mass is 32.2.